The maximum absolute atomic E-state index is 5.72. The van der Waals surface area contributed by atoms with Gasteiger partial charge < -0.3 is 13.3 Å². The summed E-state index contributed by atoms with van der Waals surface area (Å²) in [6, 6.07) is 22.2. The summed E-state index contributed by atoms with van der Waals surface area (Å²) in [6.07, 6.45) is 24.8. The normalized spacial score (nSPS) is 14.8. The van der Waals surface area contributed by atoms with Gasteiger partial charge in [-0.15, -0.1) is 0 Å². The summed E-state index contributed by atoms with van der Waals surface area (Å²) in [7, 11) is 4.26. The maximum Gasteiger partial charge on any atom is 0.569 e. The van der Waals surface area contributed by atoms with Crippen LogP contribution in [-0.4, -0.2) is 45.1 Å². The molecule has 0 aliphatic heterocycles. The highest BCUT2D eigenvalue weighted by atomic mass is 28.4. The van der Waals surface area contributed by atoms with Crippen molar-refractivity contribution < 1.29 is 22.4 Å². The van der Waals surface area contributed by atoms with E-state index in [1.807, 2.05) is 37.2 Å². The first-order chi connectivity index (χ1) is 24.3. The van der Waals surface area contributed by atoms with E-state index in [-0.39, 0.29) is 0 Å². The third-order valence-corrected chi connectivity index (χ3v) is 12.9. The van der Waals surface area contributed by atoms with Gasteiger partial charge in [0.2, 0.25) is 6.17 Å². The van der Waals surface area contributed by atoms with Gasteiger partial charge in [0.05, 0.1) is 0 Å². The van der Waals surface area contributed by atoms with Crippen molar-refractivity contribution in [2.75, 3.05) is 21.3 Å². The SMILES string of the molecule is CO[Si](C[n+]1ccc(C(CC(C)c2ccncc2)CC(CC(CC(C)c2ccncc2)c2cc[n+](C)cc2)c2ccncc2)cc1)(OC)OC. The summed E-state index contributed by atoms with van der Waals surface area (Å²) in [6.45, 7) is 4.69. The summed E-state index contributed by atoms with van der Waals surface area (Å²) >= 11 is 0. The van der Waals surface area contributed by atoms with Crippen molar-refractivity contribution in [3.05, 3.63) is 150 Å². The average molecular weight is 692 g/mol. The highest BCUT2D eigenvalue weighted by molar-refractivity contribution is 6.58. The minimum atomic E-state index is -2.79. The van der Waals surface area contributed by atoms with E-state index in [9.17, 15) is 0 Å². The molecule has 5 unspecified atom stereocenters. The van der Waals surface area contributed by atoms with Crippen LogP contribution in [-0.2, 0) is 26.5 Å². The van der Waals surface area contributed by atoms with Gasteiger partial charge in [-0.25, -0.2) is 9.13 Å². The molecule has 0 radical (unpaired) electrons. The molecule has 9 heteroatoms. The van der Waals surface area contributed by atoms with Gasteiger partial charge in [-0.3, -0.25) is 15.0 Å². The van der Waals surface area contributed by atoms with E-state index in [1.54, 1.807) is 21.3 Å². The topological polar surface area (TPSA) is 74.1 Å². The van der Waals surface area contributed by atoms with Gasteiger partial charge in [0.15, 0.2) is 24.8 Å². The number of nitrogens with zero attached hydrogens (tertiary/aromatic N) is 5. The first-order valence-electron chi connectivity index (χ1n) is 17.6. The lowest BCUT2D eigenvalue weighted by Gasteiger charge is -2.30. The molecule has 5 aromatic heterocycles. The molecule has 0 amide bonds. The smallest absolute Gasteiger partial charge is 0.373 e. The maximum atomic E-state index is 5.72. The highest BCUT2D eigenvalue weighted by Crippen LogP contribution is 2.43. The Morgan fingerprint density at radius 2 is 0.840 bits per heavy atom. The van der Waals surface area contributed by atoms with Crippen LogP contribution in [0.3, 0.4) is 0 Å². The van der Waals surface area contributed by atoms with Crippen LogP contribution in [0.25, 0.3) is 0 Å². The lowest BCUT2D eigenvalue weighted by molar-refractivity contribution is -0.685. The lowest BCUT2D eigenvalue weighted by Crippen LogP contribution is -2.56. The van der Waals surface area contributed by atoms with Crippen LogP contribution in [0, 0.1) is 0 Å². The summed E-state index contributed by atoms with van der Waals surface area (Å²) < 4.78 is 21.4. The fourth-order valence-electron chi connectivity index (χ4n) is 7.24. The van der Waals surface area contributed by atoms with Gasteiger partial charge in [-0.05, 0) is 119 Å². The Morgan fingerprint density at radius 3 is 1.24 bits per heavy atom. The van der Waals surface area contributed by atoms with Crippen molar-refractivity contribution in [3.63, 3.8) is 0 Å². The molecule has 0 saturated carbocycles. The zero-order valence-electron chi connectivity index (χ0n) is 30.4. The lowest BCUT2D eigenvalue weighted by atomic mass is 9.74. The van der Waals surface area contributed by atoms with Gasteiger partial charge in [0.1, 0.15) is 7.05 Å². The van der Waals surface area contributed by atoms with Crippen LogP contribution < -0.4 is 9.13 Å². The Kier molecular flexibility index (Phi) is 13.5. The van der Waals surface area contributed by atoms with Crippen LogP contribution >= 0.6 is 0 Å². The van der Waals surface area contributed by atoms with E-state index in [1.165, 1.54) is 27.8 Å². The predicted molar refractivity (Wildman–Crippen MR) is 197 cm³/mol. The Balaban J connectivity index is 1.49. The number of pyridine rings is 5. The van der Waals surface area contributed by atoms with E-state index in [0.29, 0.717) is 35.8 Å². The van der Waals surface area contributed by atoms with Crippen molar-refractivity contribution in [1.29, 1.82) is 0 Å². The van der Waals surface area contributed by atoms with E-state index >= 15 is 0 Å². The minimum Gasteiger partial charge on any atom is -0.373 e. The fourth-order valence-corrected chi connectivity index (χ4v) is 8.78. The van der Waals surface area contributed by atoms with Gasteiger partial charge in [-0.2, -0.15) is 0 Å². The number of hydrogen-bond donors (Lipinski definition) is 0. The Bertz CT molecular complexity index is 1680. The standard InChI is InChI=1S/C41H53N5O3Si/c1-32(34-7-17-42-18-8-34)27-39(37-13-23-45(3)24-14-37)29-41(36-11-21-44-22-12-36)30-40(28-33(2)35-9-19-43-20-10-35)38-15-25-46(26-16-38)31-50(47-4,48-5)49-6/h7-26,32-33,39-41H,27-31H2,1-6H3/q+2. The number of hydrogen-bond acceptors (Lipinski definition) is 6. The van der Waals surface area contributed by atoms with Crippen LogP contribution in [0.1, 0.15) is 96.9 Å². The molecule has 0 fully saturated rings. The largest absolute Gasteiger partial charge is 0.569 e. The third kappa shape index (κ3) is 9.97. The summed E-state index contributed by atoms with van der Waals surface area (Å²) in [5.74, 6) is 1.75. The molecule has 5 aromatic rings. The first kappa shape index (κ1) is 37.1. The van der Waals surface area contributed by atoms with E-state index in [0.717, 1.165) is 25.7 Å². The van der Waals surface area contributed by atoms with E-state index in [2.05, 4.69) is 130 Å². The zero-order chi connectivity index (χ0) is 35.3. The molecular formula is C41H53N5O3Si+2. The molecule has 262 valence electrons. The molecule has 0 N–H and O–H groups in total. The second kappa shape index (κ2) is 18.2. The second-order valence-corrected chi connectivity index (χ2v) is 16.5. The van der Waals surface area contributed by atoms with Crippen LogP contribution in [0.5, 0.6) is 0 Å². The molecule has 5 rings (SSSR count). The van der Waals surface area contributed by atoms with Crippen molar-refractivity contribution >= 4 is 8.80 Å². The molecular weight excluding hydrogens is 639 g/mol. The molecule has 5 heterocycles. The van der Waals surface area contributed by atoms with E-state index in [4.69, 9.17) is 13.3 Å². The zero-order valence-corrected chi connectivity index (χ0v) is 31.4. The molecule has 0 saturated heterocycles. The first-order valence-corrected chi connectivity index (χ1v) is 19.6. The van der Waals surface area contributed by atoms with Gasteiger partial charge >= 0.3 is 8.80 Å². The highest BCUT2D eigenvalue weighted by Gasteiger charge is 2.43. The van der Waals surface area contributed by atoms with Crippen molar-refractivity contribution in [2.24, 2.45) is 7.05 Å². The summed E-state index contributed by atoms with van der Waals surface area (Å²) in [5.41, 5.74) is 6.69. The molecule has 50 heavy (non-hydrogen) atoms. The van der Waals surface area contributed by atoms with Crippen LogP contribution in [0.4, 0.5) is 0 Å². The molecule has 0 aromatic carbocycles. The molecule has 0 aliphatic rings. The number of aromatic nitrogens is 5. The molecule has 0 aliphatic carbocycles. The number of rotatable bonds is 18. The summed E-state index contributed by atoms with van der Waals surface area (Å²) in [5, 5.41) is 0. The number of aryl methyl sites for hydroxylation is 1. The molecule has 0 spiro atoms. The Morgan fingerprint density at radius 1 is 0.500 bits per heavy atom. The fraction of sp³-hybridized carbons (Fsp3) is 0.390. The van der Waals surface area contributed by atoms with Crippen LogP contribution in [0.2, 0.25) is 0 Å². The molecule has 8 nitrogen and oxygen atoms in total. The third-order valence-electron chi connectivity index (χ3n) is 10.3. The predicted octanol–water partition coefficient (Wildman–Crippen LogP) is 7.22. The summed E-state index contributed by atoms with van der Waals surface area (Å²) in [4.78, 5) is 13.0. The minimum absolute atomic E-state index is 0.312. The van der Waals surface area contributed by atoms with Gasteiger partial charge in [0.25, 0.3) is 0 Å². The van der Waals surface area contributed by atoms with Gasteiger partial charge in [-0.1, -0.05) is 13.8 Å². The van der Waals surface area contributed by atoms with Crippen molar-refractivity contribution in [2.45, 2.75) is 75.3 Å². The average Bonchev–Trinajstić information content (AvgIpc) is 3.17. The second-order valence-electron chi connectivity index (χ2n) is 13.6. The van der Waals surface area contributed by atoms with Crippen LogP contribution in [0.15, 0.2) is 123 Å². The van der Waals surface area contributed by atoms with Gasteiger partial charge in [0, 0.05) is 82.8 Å². The molecule has 0 bridgehead atoms. The Hall–Kier alpha value is -4.15. The monoisotopic (exact) mass is 691 g/mol. The Labute approximate surface area is 299 Å². The van der Waals surface area contributed by atoms with Crippen molar-refractivity contribution in [3.8, 4) is 0 Å². The quantitative estimate of drug-likeness (QED) is 0.0714. The van der Waals surface area contributed by atoms with Crippen molar-refractivity contribution in [1.82, 2.24) is 15.0 Å². The van der Waals surface area contributed by atoms with E-state index < -0.39 is 8.80 Å². The molecule has 5 atom stereocenters.